The van der Waals surface area contributed by atoms with Gasteiger partial charge in [0.1, 0.15) is 0 Å². The highest BCUT2D eigenvalue weighted by Gasteiger charge is 2.24. The molecule has 4 rings (SSSR count). The molecule has 0 spiro atoms. The average Bonchev–Trinajstić information content (AvgIpc) is 3.03. The monoisotopic (exact) mass is 315 g/mol. The van der Waals surface area contributed by atoms with Crippen molar-refractivity contribution in [3.63, 3.8) is 0 Å². The van der Waals surface area contributed by atoms with Gasteiger partial charge in [0, 0.05) is 31.9 Å². The van der Waals surface area contributed by atoms with Crippen molar-refractivity contribution >= 4 is 34.3 Å². The van der Waals surface area contributed by atoms with Gasteiger partial charge in [0.05, 0.1) is 0 Å². The lowest BCUT2D eigenvalue weighted by Crippen LogP contribution is -2.47. The van der Waals surface area contributed by atoms with Crippen LogP contribution in [-0.2, 0) is 0 Å². The van der Waals surface area contributed by atoms with E-state index in [0.29, 0.717) is 0 Å². The van der Waals surface area contributed by atoms with Crippen molar-refractivity contribution in [1.29, 1.82) is 0 Å². The molecular formula is C15H16ClN6+. The molecule has 2 N–H and O–H groups in total. The van der Waals surface area contributed by atoms with Gasteiger partial charge in [0.25, 0.3) is 0 Å². The molecule has 1 aliphatic heterocycles. The molecule has 0 atom stereocenters. The lowest BCUT2D eigenvalue weighted by molar-refractivity contribution is -0.347. The number of H-pyrrole nitrogens is 2. The molecular weight excluding hydrogens is 300 g/mol. The predicted molar refractivity (Wildman–Crippen MR) is 86.3 cm³/mol. The fourth-order valence-corrected chi connectivity index (χ4v) is 3.04. The Balaban J connectivity index is 1.57. The van der Waals surface area contributed by atoms with Crippen LogP contribution >= 0.6 is 11.6 Å². The highest BCUT2D eigenvalue weighted by atomic mass is 35.5. The molecule has 0 unspecified atom stereocenters. The van der Waals surface area contributed by atoms with Gasteiger partial charge >= 0.3 is 10.9 Å². The third kappa shape index (κ3) is 2.35. The number of halogens is 1. The number of anilines is 2. The number of hydrogen-bond acceptors (Lipinski definition) is 4. The maximum atomic E-state index is 6.03. The van der Waals surface area contributed by atoms with Crippen LogP contribution in [0.1, 0.15) is 0 Å². The number of imidazole rings is 1. The Labute approximate surface area is 132 Å². The van der Waals surface area contributed by atoms with Crippen molar-refractivity contribution < 1.29 is 4.98 Å². The van der Waals surface area contributed by atoms with Crippen LogP contribution in [-0.4, -0.2) is 41.1 Å². The number of para-hydroxylation sites is 1. The molecule has 22 heavy (non-hydrogen) atoms. The lowest BCUT2D eigenvalue weighted by Gasteiger charge is -2.36. The number of rotatable bonds is 2. The van der Waals surface area contributed by atoms with E-state index in [2.05, 4.69) is 54.0 Å². The zero-order valence-electron chi connectivity index (χ0n) is 12.0. The van der Waals surface area contributed by atoms with Gasteiger partial charge in [-0.25, -0.2) is 4.98 Å². The Morgan fingerprint density at radius 1 is 1.00 bits per heavy atom. The van der Waals surface area contributed by atoms with Crippen molar-refractivity contribution in [2.24, 2.45) is 0 Å². The Morgan fingerprint density at radius 3 is 2.50 bits per heavy atom. The maximum Gasteiger partial charge on any atom is 0.306 e. The lowest BCUT2D eigenvalue weighted by atomic mass is 10.2. The fraction of sp³-hybridized carbons (Fsp3) is 0.267. The summed E-state index contributed by atoms with van der Waals surface area (Å²) in [7, 11) is 0. The summed E-state index contributed by atoms with van der Waals surface area (Å²) in [5, 5.41) is 0.267. The van der Waals surface area contributed by atoms with E-state index in [1.165, 1.54) is 5.69 Å². The van der Waals surface area contributed by atoms with Gasteiger partial charge in [-0.05, 0) is 23.7 Å². The van der Waals surface area contributed by atoms with Crippen LogP contribution in [0.25, 0.3) is 11.2 Å². The van der Waals surface area contributed by atoms with Gasteiger partial charge in [-0.1, -0.05) is 23.2 Å². The number of fused-ring (bicyclic) bond motifs is 1. The van der Waals surface area contributed by atoms with Crippen LogP contribution in [0, 0.1) is 0 Å². The number of benzene rings is 1. The van der Waals surface area contributed by atoms with Crippen LogP contribution in [0.3, 0.4) is 0 Å². The van der Waals surface area contributed by atoms with Crippen molar-refractivity contribution in [1.82, 2.24) is 15.0 Å². The molecule has 0 aliphatic carbocycles. The van der Waals surface area contributed by atoms with Gasteiger partial charge in [-0.15, -0.1) is 0 Å². The van der Waals surface area contributed by atoms with Crippen molar-refractivity contribution in [2.75, 3.05) is 36.0 Å². The van der Waals surface area contributed by atoms with E-state index in [-0.39, 0.29) is 5.28 Å². The molecule has 0 amide bonds. The average molecular weight is 316 g/mol. The summed E-state index contributed by atoms with van der Waals surface area (Å²) < 4.78 is 0. The van der Waals surface area contributed by atoms with Gasteiger partial charge in [0.15, 0.2) is 12.1 Å². The second kappa shape index (κ2) is 5.46. The summed E-state index contributed by atoms with van der Waals surface area (Å²) in [5.74, 6) is 0.865. The van der Waals surface area contributed by atoms with E-state index >= 15 is 0 Å². The third-order valence-electron chi connectivity index (χ3n) is 3.99. The van der Waals surface area contributed by atoms with Crippen LogP contribution in [0.4, 0.5) is 11.5 Å². The molecule has 112 valence electrons. The maximum absolute atomic E-state index is 6.03. The van der Waals surface area contributed by atoms with Gasteiger partial charge < -0.3 is 9.80 Å². The number of aromatic amines is 2. The number of nitrogens with one attached hydrogen (secondary N) is 2. The van der Waals surface area contributed by atoms with Gasteiger partial charge in [-0.3, -0.25) is 4.98 Å². The molecule has 1 saturated heterocycles. The van der Waals surface area contributed by atoms with E-state index in [1.807, 2.05) is 6.07 Å². The van der Waals surface area contributed by atoms with E-state index in [1.54, 1.807) is 6.33 Å². The second-order valence-electron chi connectivity index (χ2n) is 5.28. The first-order chi connectivity index (χ1) is 10.8. The molecule has 6 nitrogen and oxygen atoms in total. The minimum atomic E-state index is 0.267. The number of piperazine rings is 1. The van der Waals surface area contributed by atoms with Crippen molar-refractivity contribution in [3.8, 4) is 0 Å². The minimum absolute atomic E-state index is 0.267. The summed E-state index contributed by atoms with van der Waals surface area (Å²) in [6.45, 7) is 3.71. The van der Waals surface area contributed by atoms with E-state index < -0.39 is 0 Å². The Bertz CT molecular complexity index is 779. The van der Waals surface area contributed by atoms with Crippen LogP contribution < -0.4 is 14.8 Å². The zero-order valence-corrected chi connectivity index (χ0v) is 12.7. The Hall–Kier alpha value is -2.34. The summed E-state index contributed by atoms with van der Waals surface area (Å²) in [5.41, 5.74) is 2.90. The highest BCUT2D eigenvalue weighted by Crippen LogP contribution is 2.24. The summed E-state index contributed by atoms with van der Waals surface area (Å²) in [4.78, 5) is 19.4. The molecule has 0 bridgehead atoms. The summed E-state index contributed by atoms with van der Waals surface area (Å²) >= 11 is 6.03. The molecule has 7 heteroatoms. The summed E-state index contributed by atoms with van der Waals surface area (Å²) in [6, 6.07) is 10.5. The first-order valence-corrected chi connectivity index (χ1v) is 7.66. The van der Waals surface area contributed by atoms with Crippen LogP contribution in [0.15, 0.2) is 36.7 Å². The predicted octanol–water partition coefficient (Wildman–Crippen LogP) is 1.75. The quantitative estimate of drug-likeness (QED) is 0.732. The van der Waals surface area contributed by atoms with E-state index in [9.17, 15) is 0 Å². The molecule has 1 fully saturated rings. The fourth-order valence-electron chi connectivity index (χ4n) is 2.88. The first kappa shape index (κ1) is 13.3. The zero-order chi connectivity index (χ0) is 14.9. The van der Waals surface area contributed by atoms with Gasteiger partial charge in [0.2, 0.25) is 5.52 Å². The van der Waals surface area contributed by atoms with E-state index in [0.717, 1.165) is 43.2 Å². The molecule has 3 heterocycles. The minimum Gasteiger partial charge on any atom is -0.368 e. The smallest absolute Gasteiger partial charge is 0.306 e. The highest BCUT2D eigenvalue weighted by molar-refractivity contribution is 6.28. The number of aromatic nitrogens is 4. The molecule has 0 saturated carbocycles. The first-order valence-electron chi connectivity index (χ1n) is 7.28. The van der Waals surface area contributed by atoms with Crippen LogP contribution in [0.2, 0.25) is 5.28 Å². The standard InChI is InChI=1S/C15H15ClN6/c16-15-19-13-12(17-10-18-13)14(20-15)22-8-6-21(7-9-22)11-4-2-1-3-5-11/h1-5,10H,6-9H2,(H,17,18,19,20)/p+1. The third-order valence-corrected chi connectivity index (χ3v) is 4.16. The largest absolute Gasteiger partial charge is 0.368 e. The SMILES string of the molecule is Clc1nc(N2CCN(c3ccccc3)CC2)c2[nH]c[nH+]c2n1. The number of hydrogen-bond donors (Lipinski definition) is 1. The molecule has 1 aliphatic rings. The Morgan fingerprint density at radius 2 is 1.73 bits per heavy atom. The van der Waals surface area contributed by atoms with Crippen molar-refractivity contribution in [3.05, 3.63) is 41.9 Å². The van der Waals surface area contributed by atoms with Crippen molar-refractivity contribution in [2.45, 2.75) is 0 Å². The molecule has 0 radical (unpaired) electrons. The summed E-state index contributed by atoms with van der Waals surface area (Å²) in [6.07, 6.45) is 1.75. The second-order valence-corrected chi connectivity index (χ2v) is 5.62. The molecule has 2 aromatic heterocycles. The number of nitrogens with zero attached hydrogens (tertiary/aromatic N) is 4. The topological polar surface area (TPSA) is 62.2 Å². The molecule has 1 aromatic carbocycles. The molecule has 3 aromatic rings. The van der Waals surface area contributed by atoms with Crippen LogP contribution in [0.5, 0.6) is 0 Å². The normalized spacial score (nSPS) is 15.5. The van der Waals surface area contributed by atoms with Gasteiger partial charge in [-0.2, -0.15) is 4.98 Å². The van der Waals surface area contributed by atoms with E-state index in [4.69, 9.17) is 11.6 Å². The Kier molecular flexibility index (Phi) is 3.31.